The van der Waals surface area contributed by atoms with Crippen LogP contribution in [0, 0.1) is 13.8 Å². The van der Waals surface area contributed by atoms with Gasteiger partial charge in [-0.1, -0.05) is 0 Å². The van der Waals surface area contributed by atoms with Gasteiger partial charge in [0, 0.05) is 17.8 Å². The van der Waals surface area contributed by atoms with Gasteiger partial charge in [0.15, 0.2) is 0 Å². The predicted molar refractivity (Wildman–Crippen MR) is 81.3 cm³/mol. The minimum absolute atomic E-state index is 0.247. The normalized spacial score (nSPS) is 12.3. The third kappa shape index (κ3) is 4.41. The van der Waals surface area contributed by atoms with Gasteiger partial charge in [-0.15, -0.1) is 11.3 Å². The van der Waals surface area contributed by atoms with Crippen molar-refractivity contribution in [2.24, 2.45) is 0 Å². The van der Waals surface area contributed by atoms with Crippen molar-refractivity contribution < 1.29 is 13.9 Å². The van der Waals surface area contributed by atoms with Crippen LogP contribution in [0.1, 0.15) is 28.1 Å². The van der Waals surface area contributed by atoms with Crippen molar-refractivity contribution in [1.82, 2.24) is 10.3 Å². The average Bonchev–Trinajstić information content (AvgIpc) is 3.06. The van der Waals surface area contributed by atoms with Crippen molar-refractivity contribution in [3.05, 3.63) is 39.7 Å². The van der Waals surface area contributed by atoms with Gasteiger partial charge < -0.3 is 9.15 Å². The number of aryl methyl sites for hydroxylation is 2. The third-order valence-corrected chi connectivity index (χ3v) is 4.24. The van der Waals surface area contributed by atoms with Gasteiger partial charge in [0.1, 0.15) is 11.0 Å². The Morgan fingerprint density at radius 2 is 2.33 bits per heavy atom. The molecule has 2 aromatic rings. The fourth-order valence-electron chi connectivity index (χ4n) is 1.95. The second-order valence-corrected chi connectivity index (χ2v) is 6.06. The fraction of sp³-hybridized carbons (Fsp3) is 0.467. The molecule has 0 aliphatic heterocycles. The molecule has 1 N–H and O–H groups in total. The Bertz CT molecular complexity index is 558. The Labute approximate surface area is 128 Å². The van der Waals surface area contributed by atoms with E-state index >= 15 is 0 Å². The number of aromatic nitrogens is 1. The molecule has 2 heterocycles. The van der Waals surface area contributed by atoms with Gasteiger partial charge in [0.2, 0.25) is 0 Å². The van der Waals surface area contributed by atoms with Crippen molar-refractivity contribution in [2.75, 3.05) is 6.61 Å². The maximum Gasteiger partial charge on any atom is 0.323 e. The Morgan fingerprint density at radius 3 is 2.90 bits per heavy atom. The van der Waals surface area contributed by atoms with E-state index in [1.54, 1.807) is 30.8 Å². The molecule has 0 bridgehead atoms. The van der Waals surface area contributed by atoms with E-state index in [4.69, 9.17) is 9.15 Å². The lowest BCUT2D eigenvalue weighted by Gasteiger charge is -2.15. The van der Waals surface area contributed by atoms with E-state index in [0.29, 0.717) is 19.6 Å². The number of thiazole rings is 1. The number of carbonyl (C=O) groups excluding carboxylic acids is 1. The smallest absolute Gasteiger partial charge is 0.323 e. The van der Waals surface area contributed by atoms with Crippen LogP contribution in [0.3, 0.4) is 0 Å². The highest BCUT2D eigenvalue weighted by Gasteiger charge is 2.21. The zero-order valence-corrected chi connectivity index (χ0v) is 13.3. The van der Waals surface area contributed by atoms with Crippen LogP contribution in [0.2, 0.25) is 0 Å². The number of furan rings is 1. The minimum Gasteiger partial charge on any atom is -0.472 e. The summed E-state index contributed by atoms with van der Waals surface area (Å²) in [5, 5.41) is 4.21. The zero-order chi connectivity index (χ0) is 15.2. The molecule has 0 spiro atoms. The summed E-state index contributed by atoms with van der Waals surface area (Å²) in [7, 11) is 0. The zero-order valence-electron chi connectivity index (χ0n) is 12.5. The Morgan fingerprint density at radius 1 is 1.52 bits per heavy atom. The van der Waals surface area contributed by atoms with E-state index in [0.717, 1.165) is 16.3 Å². The minimum atomic E-state index is -0.396. The van der Waals surface area contributed by atoms with Crippen LogP contribution in [0.15, 0.2) is 23.0 Å². The highest BCUT2D eigenvalue weighted by molar-refractivity contribution is 7.11. The number of rotatable bonds is 7. The summed E-state index contributed by atoms with van der Waals surface area (Å²) in [5.41, 5.74) is 2.01. The van der Waals surface area contributed by atoms with Crippen molar-refractivity contribution in [3.63, 3.8) is 0 Å². The monoisotopic (exact) mass is 308 g/mol. The van der Waals surface area contributed by atoms with Crippen molar-refractivity contribution in [2.45, 2.75) is 39.8 Å². The summed E-state index contributed by atoms with van der Waals surface area (Å²) in [6.45, 7) is 6.77. The topological polar surface area (TPSA) is 64.4 Å². The maximum atomic E-state index is 12.0. The number of carbonyl (C=O) groups is 1. The summed E-state index contributed by atoms with van der Waals surface area (Å²) in [4.78, 5) is 17.7. The molecule has 0 aromatic carbocycles. The van der Waals surface area contributed by atoms with Gasteiger partial charge in [-0.3, -0.25) is 10.1 Å². The first-order valence-electron chi connectivity index (χ1n) is 6.94. The molecule has 21 heavy (non-hydrogen) atoms. The molecule has 0 fully saturated rings. The van der Waals surface area contributed by atoms with Gasteiger partial charge in [0.25, 0.3) is 0 Å². The number of esters is 1. The molecular weight excluding hydrogens is 288 g/mol. The van der Waals surface area contributed by atoms with Gasteiger partial charge in [-0.2, -0.15) is 0 Å². The van der Waals surface area contributed by atoms with E-state index in [2.05, 4.69) is 10.3 Å². The number of ether oxygens (including phenoxy) is 1. The first-order chi connectivity index (χ1) is 10.1. The molecular formula is C15H20N2O3S. The first-order valence-corrected chi connectivity index (χ1v) is 7.75. The van der Waals surface area contributed by atoms with Gasteiger partial charge >= 0.3 is 5.97 Å². The average molecular weight is 308 g/mol. The summed E-state index contributed by atoms with van der Waals surface area (Å²) in [6, 6.07) is 1.46. The summed E-state index contributed by atoms with van der Waals surface area (Å²) in [5.74, 6) is -0.247. The molecule has 0 aliphatic carbocycles. The molecule has 0 saturated carbocycles. The SMILES string of the molecule is CCOC(=O)C(Cc1ccoc1)NCc1nc(C)c(C)s1. The summed E-state index contributed by atoms with van der Waals surface area (Å²) >= 11 is 1.65. The lowest BCUT2D eigenvalue weighted by atomic mass is 10.1. The highest BCUT2D eigenvalue weighted by atomic mass is 32.1. The first kappa shape index (κ1) is 15.7. The van der Waals surface area contributed by atoms with E-state index in [9.17, 15) is 4.79 Å². The molecule has 0 saturated heterocycles. The molecule has 6 heteroatoms. The number of hydrogen-bond acceptors (Lipinski definition) is 6. The standard InChI is InChI=1S/C15H20N2O3S/c1-4-20-15(18)13(7-12-5-6-19-9-12)16-8-14-17-10(2)11(3)21-14/h5-6,9,13,16H,4,7-8H2,1-3H3. The Hall–Kier alpha value is -1.66. The van der Waals surface area contributed by atoms with Crippen LogP contribution in [-0.2, 0) is 22.5 Å². The largest absolute Gasteiger partial charge is 0.472 e. The molecule has 1 atom stereocenters. The Balaban J connectivity index is 1.99. The Kier molecular flexibility index (Phi) is 5.52. The molecule has 114 valence electrons. The molecule has 2 rings (SSSR count). The molecule has 0 aliphatic rings. The van der Waals surface area contributed by atoms with Crippen LogP contribution in [0.4, 0.5) is 0 Å². The van der Waals surface area contributed by atoms with Gasteiger partial charge in [-0.25, -0.2) is 4.98 Å². The number of nitrogens with zero attached hydrogens (tertiary/aromatic N) is 1. The fourth-order valence-corrected chi connectivity index (χ4v) is 2.84. The van der Waals surface area contributed by atoms with E-state index in [1.165, 1.54) is 4.88 Å². The second-order valence-electron chi connectivity index (χ2n) is 4.77. The lowest BCUT2D eigenvalue weighted by molar-refractivity contribution is -0.145. The van der Waals surface area contributed by atoms with Crippen LogP contribution >= 0.6 is 11.3 Å². The van der Waals surface area contributed by atoms with Crippen molar-refractivity contribution in [1.29, 1.82) is 0 Å². The third-order valence-electron chi connectivity index (χ3n) is 3.16. The second kappa shape index (κ2) is 7.38. The molecule has 2 aromatic heterocycles. The summed E-state index contributed by atoms with van der Waals surface area (Å²) < 4.78 is 10.2. The quantitative estimate of drug-likeness (QED) is 0.797. The van der Waals surface area contributed by atoms with Gasteiger partial charge in [0.05, 0.1) is 24.8 Å². The van der Waals surface area contributed by atoms with Crippen molar-refractivity contribution >= 4 is 17.3 Å². The van der Waals surface area contributed by atoms with Crippen LogP contribution in [0.5, 0.6) is 0 Å². The number of hydrogen-bond donors (Lipinski definition) is 1. The lowest BCUT2D eigenvalue weighted by Crippen LogP contribution is -2.39. The van der Waals surface area contributed by atoms with E-state index in [-0.39, 0.29) is 5.97 Å². The highest BCUT2D eigenvalue weighted by Crippen LogP contribution is 2.16. The molecule has 1 unspecified atom stereocenters. The van der Waals surface area contributed by atoms with Crippen LogP contribution in [-0.4, -0.2) is 23.6 Å². The van der Waals surface area contributed by atoms with E-state index in [1.807, 2.05) is 19.9 Å². The maximum absolute atomic E-state index is 12.0. The predicted octanol–water partition coefficient (Wildman–Crippen LogP) is 2.62. The molecule has 0 radical (unpaired) electrons. The molecule has 0 amide bonds. The van der Waals surface area contributed by atoms with Crippen LogP contribution < -0.4 is 5.32 Å². The van der Waals surface area contributed by atoms with Crippen molar-refractivity contribution in [3.8, 4) is 0 Å². The van der Waals surface area contributed by atoms with Gasteiger partial charge in [-0.05, 0) is 32.4 Å². The molecule has 5 nitrogen and oxygen atoms in total. The number of nitrogens with one attached hydrogen (secondary N) is 1. The summed E-state index contributed by atoms with van der Waals surface area (Å²) in [6.07, 6.45) is 3.79. The van der Waals surface area contributed by atoms with Crippen LogP contribution in [0.25, 0.3) is 0 Å². The van der Waals surface area contributed by atoms with E-state index < -0.39 is 6.04 Å².